The van der Waals surface area contributed by atoms with E-state index in [2.05, 4.69) is 18.3 Å². The zero-order valence-electron chi connectivity index (χ0n) is 16.3. The van der Waals surface area contributed by atoms with E-state index in [1.807, 2.05) is 17.0 Å². The summed E-state index contributed by atoms with van der Waals surface area (Å²) in [6.45, 7) is 2.73. The van der Waals surface area contributed by atoms with Gasteiger partial charge in [-0.05, 0) is 55.9 Å². The topological polar surface area (TPSA) is 71.4 Å². The standard InChI is InChI=1S/C22H25N3O3/c1-14-4-3-5-18-19(14)13-25(22(18)28)17-9-6-15(7-10-17)21(27)23-16-8-11-20(26)24(2)12-16/h3-5,8,11-12,15,17H,6-7,9-10,13H2,1-2H3,(H,23,27). The number of rotatable bonds is 3. The molecule has 2 heterocycles. The van der Waals surface area contributed by atoms with Gasteiger partial charge in [-0.2, -0.15) is 0 Å². The van der Waals surface area contributed by atoms with Gasteiger partial charge < -0.3 is 14.8 Å². The number of carbonyl (C=O) groups is 2. The van der Waals surface area contributed by atoms with Crippen molar-refractivity contribution in [2.45, 2.75) is 45.2 Å². The van der Waals surface area contributed by atoms with Crippen LogP contribution in [-0.2, 0) is 18.4 Å². The van der Waals surface area contributed by atoms with Gasteiger partial charge in [0.1, 0.15) is 0 Å². The van der Waals surface area contributed by atoms with Crippen molar-refractivity contribution < 1.29 is 9.59 Å². The van der Waals surface area contributed by atoms with E-state index in [0.29, 0.717) is 12.2 Å². The van der Waals surface area contributed by atoms with Crippen molar-refractivity contribution in [1.82, 2.24) is 9.47 Å². The Balaban J connectivity index is 1.36. The lowest BCUT2D eigenvalue weighted by Gasteiger charge is -2.34. The van der Waals surface area contributed by atoms with E-state index in [9.17, 15) is 14.4 Å². The van der Waals surface area contributed by atoms with Gasteiger partial charge in [0.2, 0.25) is 11.5 Å². The molecule has 2 aliphatic rings. The highest BCUT2D eigenvalue weighted by Gasteiger charge is 2.36. The van der Waals surface area contributed by atoms with E-state index in [0.717, 1.165) is 36.8 Å². The van der Waals surface area contributed by atoms with Crippen LogP contribution in [0.3, 0.4) is 0 Å². The van der Waals surface area contributed by atoms with Gasteiger partial charge in [0, 0.05) is 43.4 Å². The molecular formula is C22H25N3O3. The van der Waals surface area contributed by atoms with Crippen molar-refractivity contribution >= 4 is 17.5 Å². The van der Waals surface area contributed by atoms with Gasteiger partial charge in [0.05, 0.1) is 5.69 Å². The summed E-state index contributed by atoms with van der Waals surface area (Å²) >= 11 is 0. The van der Waals surface area contributed by atoms with Crippen LogP contribution in [0.5, 0.6) is 0 Å². The minimum absolute atomic E-state index is 0.0102. The molecule has 0 unspecified atom stereocenters. The molecule has 0 radical (unpaired) electrons. The molecule has 1 fully saturated rings. The number of benzene rings is 1. The Hall–Kier alpha value is -2.89. The zero-order valence-corrected chi connectivity index (χ0v) is 16.3. The molecule has 146 valence electrons. The highest BCUT2D eigenvalue weighted by molar-refractivity contribution is 5.99. The lowest BCUT2D eigenvalue weighted by Crippen LogP contribution is -2.40. The second-order valence-electron chi connectivity index (χ2n) is 7.90. The Morgan fingerprint density at radius 2 is 1.82 bits per heavy atom. The van der Waals surface area contributed by atoms with Crippen molar-refractivity contribution in [2.24, 2.45) is 13.0 Å². The molecule has 0 bridgehead atoms. The summed E-state index contributed by atoms with van der Waals surface area (Å²) in [5.41, 5.74) is 3.66. The average molecular weight is 379 g/mol. The van der Waals surface area contributed by atoms with Crippen LogP contribution in [-0.4, -0.2) is 27.3 Å². The van der Waals surface area contributed by atoms with Gasteiger partial charge in [0.25, 0.3) is 5.91 Å². The molecule has 28 heavy (non-hydrogen) atoms. The highest BCUT2D eigenvalue weighted by Crippen LogP contribution is 2.34. The van der Waals surface area contributed by atoms with Gasteiger partial charge in [-0.1, -0.05) is 12.1 Å². The highest BCUT2D eigenvalue weighted by atomic mass is 16.2. The summed E-state index contributed by atoms with van der Waals surface area (Å²) in [4.78, 5) is 38.8. The van der Waals surface area contributed by atoms with Crippen LogP contribution in [0, 0.1) is 12.8 Å². The summed E-state index contributed by atoms with van der Waals surface area (Å²) < 4.78 is 1.45. The van der Waals surface area contributed by atoms with E-state index in [1.54, 1.807) is 19.3 Å². The number of hydrogen-bond acceptors (Lipinski definition) is 3. The first-order valence-electron chi connectivity index (χ1n) is 9.81. The SMILES string of the molecule is Cc1cccc2c1CN(C1CCC(C(=O)Nc3ccc(=O)n(C)c3)CC1)C2=O. The van der Waals surface area contributed by atoms with E-state index < -0.39 is 0 Å². The van der Waals surface area contributed by atoms with E-state index >= 15 is 0 Å². The van der Waals surface area contributed by atoms with Crippen molar-refractivity contribution in [3.63, 3.8) is 0 Å². The Morgan fingerprint density at radius 1 is 1.07 bits per heavy atom. The number of nitrogens with one attached hydrogen (secondary N) is 1. The van der Waals surface area contributed by atoms with Crippen molar-refractivity contribution in [1.29, 1.82) is 0 Å². The molecule has 0 atom stereocenters. The van der Waals surface area contributed by atoms with Gasteiger partial charge in [-0.25, -0.2) is 0 Å². The number of hydrogen-bond donors (Lipinski definition) is 1. The molecule has 2 amide bonds. The first-order valence-corrected chi connectivity index (χ1v) is 9.81. The molecule has 0 spiro atoms. The lowest BCUT2D eigenvalue weighted by atomic mass is 9.84. The van der Waals surface area contributed by atoms with Crippen LogP contribution < -0.4 is 10.9 Å². The van der Waals surface area contributed by atoms with Crippen molar-refractivity contribution in [2.75, 3.05) is 5.32 Å². The van der Waals surface area contributed by atoms with Gasteiger partial charge >= 0.3 is 0 Å². The maximum Gasteiger partial charge on any atom is 0.254 e. The van der Waals surface area contributed by atoms with Crippen molar-refractivity contribution in [3.8, 4) is 0 Å². The maximum atomic E-state index is 12.8. The number of aryl methyl sites for hydroxylation is 2. The second-order valence-corrected chi connectivity index (χ2v) is 7.90. The molecule has 1 aliphatic carbocycles. The molecule has 6 heteroatoms. The third-order valence-corrected chi connectivity index (χ3v) is 6.09. The second kappa shape index (κ2) is 7.26. The number of carbonyl (C=O) groups excluding carboxylic acids is 2. The Morgan fingerprint density at radius 3 is 2.50 bits per heavy atom. The number of fused-ring (bicyclic) bond motifs is 1. The largest absolute Gasteiger partial charge is 0.331 e. The molecule has 2 aromatic rings. The molecule has 1 saturated carbocycles. The molecular weight excluding hydrogens is 354 g/mol. The molecule has 0 saturated heterocycles. The summed E-state index contributed by atoms with van der Waals surface area (Å²) in [7, 11) is 1.66. The van der Waals surface area contributed by atoms with Crippen LogP contribution in [0.2, 0.25) is 0 Å². The van der Waals surface area contributed by atoms with Gasteiger partial charge in [-0.3, -0.25) is 14.4 Å². The third kappa shape index (κ3) is 3.35. The number of aromatic nitrogens is 1. The fraction of sp³-hybridized carbons (Fsp3) is 0.409. The normalized spacial score (nSPS) is 21.5. The smallest absolute Gasteiger partial charge is 0.254 e. The molecule has 6 nitrogen and oxygen atoms in total. The van der Waals surface area contributed by atoms with Crippen LogP contribution in [0.4, 0.5) is 5.69 Å². The van der Waals surface area contributed by atoms with Crippen LogP contribution in [0.1, 0.15) is 47.2 Å². The van der Waals surface area contributed by atoms with Crippen molar-refractivity contribution in [3.05, 3.63) is 63.6 Å². The summed E-state index contributed by atoms with van der Waals surface area (Å²) in [5, 5.41) is 2.92. The number of anilines is 1. The van der Waals surface area contributed by atoms with Crippen LogP contribution in [0.15, 0.2) is 41.3 Å². The molecule has 1 aromatic heterocycles. The lowest BCUT2D eigenvalue weighted by molar-refractivity contribution is -0.121. The van der Waals surface area contributed by atoms with Gasteiger partial charge in [-0.15, -0.1) is 0 Å². The molecule has 1 aliphatic heterocycles. The Bertz CT molecular complexity index is 987. The summed E-state index contributed by atoms with van der Waals surface area (Å²) in [6.07, 6.45) is 4.84. The average Bonchev–Trinajstić information content (AvgIpc) is 3.03. The summed E-state index contributed by atoms with van der Waals surface area (Å²) in [5.74, 6) is 0.0519. The fourth-order valence-corrected chi connectivity index (χ4v) is 4.37. The minimum atomic E-state index is -0.106. The number of nitrogens with zero attached hydrogens (tertiary/aromatic N) is 2. The minimum Gasteiger partial charge on any atom is -0.331 e. The third-order valence-electron chi connectivity index (χ3n) is 6.09. The van der Waals surface area contributed by atoms with Crippen LogP contribution in [0.25, 0.3) is 0 Å². The molecule has 4 rings (SSSR count). The van der Waals surface area contributed by atoms with E-state index in [1.165, 1.54) is 16.2 Å². The molecule has 1 aromatic carbocycles. The Kier molecular flexibility index (Phi) is 4.79. The first kappa shape index (κ1) is 18.5. The quantitative estimate of drug-likeness (QED) is 0.891. The van der Waals surface area contributed by atoms with Crippen LogP contribution >= 0.6 is 0 Å². The summed E-state index contributed by atoms with van der Waals surface area (Å²) in [6, 6.07) is 9.18. The monoisotopic (exact) mass is 379 g/mol. The van der Waals surface area contributed by atoms with E-state index in [-0.39, 0.29) is 29.3 Å². The zero-order chi connectivity index (χ0) is 19.8. The predicted molar refractivity (Wildman–Crippen MR) is 107 cm³/mol. The first-order chi connectivity index (χ1) is 13.4. The Labute approximate surface area is 164 Å². The fourth-order valence-electron chi connectivity index (χ4n) is 4.37. The molecule has 1 N–H and O–H groups in total. The number of pyridine rings is 1. The predicted octanol–water partition coefficient (Wildman–Crippen LogP) is 2.85. The maximum absolute atomic E-state index is 12.8. The number of amides is 2. The van der Waals surface area contributed by atoms with Gasteiger partial charge in [0.15, 0.2) is 0 Å². The van der Waals surface area contributed by atoms with E-state index in [4.69, 9.17) is 0 Å².